The lowest BCUT2D eigenvalue weighted by molar-refractivity contribution is -0.127. The molecule has 1 atom stereocenters. The molecule has 0 aromatic heterocycles. The Morgan fingerprint density at radius 2 is 1.51 bits per heavy atom. The van der Waals surface area contributed by atoms with Gasteiger partial charge in [-0.1, -0.05) is 24.3 Å². The van der Waals surface area contributed by atoms with E-state index in [0.29, 0.717) is 30.6 Å². The van der Waals surface area contributed by atoms with Crippen LogP contribution in [0.25, 0.3) is 0 Å². The molecule has 202 valence electrons. The van der Waals surface area contributed by atoms with Crippen LogP contribution in [0, 0.1) is 5.82 Å². The molecule has 2 heterocycles. The largest absolute Gasteiger partial charge is 0.497 e. The zero-order valence-corrected chi connectivity index (χ0v) is 21.8. The van der Waals surface area contributed by atoms with Gasteiger partial charge >= 0.3 is 0 Å². The van der Waals surface area contributed by atoms with Gasteiger partial charge < -0.3 is 15.0 Å². The minimum absolute atomic E-state index is 0.139. The highest BCUT2D eigenvalue weighted by molar-refractivity contribution is 6.21. The van der Waals surface area contributed by atoms with E-state index < -0.39 is 6.04 Å². The molecule has 1 unspecified atom stereocenters. The molecular weight excluding hydrogens is 499 g/mol. The highest BCUT2D eigenvalue weighted by atomic mass is 19.1. The van der Waals surface area contributed by atoms with E-state index in [0.717, 1.165) is 30.1 Å². The summed E-state index contributed by atoms with van der Waals surface area (Å²) in [4.78, 5) is 44.8. The monoisotopic (exact) mass is 530 g/mol. The first-order chi connectivity index (χ1) is 18.9. The lowest BCUT2D eigenvalue weighted by atomic mass is 10.1. The third-order valence-corrected chi connectivity index (χ3v) is 7.38. The summed E-state index contributed by atoms with van der Waals surface area (Å²) in [5, 5.41) is 2.97. The van der Waals surface area contributed by atoms with Gasteiger partial charge in [-0.3, -0.25) is 24.2 Å². The third kappa shape index (κ3) is 5.78. The molecule has 0 aliphatic carbocycles. The van der Waals surface area contributed by atoms with Gasteiger partial charge in [-0.05, 0) is 60.5 Å². The predicted octanol–water partition coefficient (Wildman–Crippen LogP) is 3.33. The Labute approximate surface area is 227 Å². The van der Waals surface area contributed by atoms with E-state index in [2.05, 4.69) is 15.1 Å². The Bertz CT molecular complexity index is 1300. The molecule has 8 nitrogen and oxygen atoms in total. The van der Waals surface area contributed by atoms with Gasteiger partial charge in [0, 0.05) is 45.0 Å². The second-order valence-corrected chi connectivity index (χ2v) is 9.68. The van der Waals surface area contributed by atoms with Crippen LogP contribution in [-0.4, -0.2) is 73.4 Å². The first kappa shape index (κ1) is 26.4. The molecule has 0 bridgehead atoms. The Hall–Kier alpha value is -4.24. The SMILES string of the molecule is COc1ccc(N2CCN(C(CCN3C(=O)c4ccccc4C3=O)C(=O)NCc3ccc(F)cc3)CC2)cc1. The highest BCUT2D eigenvalue weighted by Crippen LogP contribution is 2.25. The van der Waals surface area contributed by atoms with Crippen LogP contribution in [0.5, 0.6) is 5.75 Å². The third-order valence-electron chi connectivity index (χ3n) is 7.38. The summed E-state index contributed by atoms with van der Waals surface area (Å²) in [6, 6.07) is 20.1. The topological polar surface area (TPSA) is 82.2 Å². The summed E-state index contributed by atoms with van der Waals surface area (Å²) in [6.07, 6.45) is 0.309. The molecule has 0 spiro atoms. The molecular formula is C30H31FN4O4. The van der Waals surface area contributed by atoms with Crippen molar-refractivity contribution in [2.45, 2.75) is 19.0 Å². The number of amides is 3. The normalized spacial score (nSPS) is 16.3. The molecule has 1 N–H and O–H groups in total. The summed E-state index contributed by atoms with van der Waals surface area (Å²) in [7, 11) is 1.64. The fraction of sp³-hybridized carbons (Fsp3) is 0.300. The highest BCUT2D eigenvalue weighted by Gasteiger charge is 2.37. The Kier molecular flexibility index (Phi) is 7.88. The number of hydrogen-bond acceptors (Lipinski definition) is 6. The first-order valence-corrected chi connectivity index (χ1v) is 13.0. The van der Waals surface area contributed by atoms with Crippen molar-refractivity contribution in [3.63, 3.8) is 0 Å². The minimum atomic E-state index is -0.534. The molecule has 5 rings (SSSR count). The summed E-state index contributed by atoms with van der Waals surface area (Å²) in [5.41, 5.74) is 2.66. The van der Waals surface area contributed by atoms with E-state index in [1.807, 2.05) is 24.3 Å². The van der Waals surface area contributed by atoms with Crippen molar-refractivity contribution < 1.29 is 23.5 Å². The van der Waals surface area contributed by atoms with Gasteiger partial charge in [0.2, 0.25) is 5.91 Å². The van der Waals surface area contributed by atoms with Crippen molar-refractivity contribution in [2.75, 3.05) is 44.7 Å². The van der Waals surface area contributed by atoms with Gasteiger partial charge in [-0.25, -0.2) is 4.39 Å². The Balaban J connectivity index is 1.26. The number of hydrogen-bond donors (Lipinski definition) is 1. The molecule has 1 saturated heterocycles. The van der Waals surface area contributed by atoms with Gasteiger partial charge in [0.15, 0.2) is 0 Å². The van der Waals surface area contributed by atoms with E-state index in [-0.39, 0.29) is 36.6 Å². The van der Waals surface area contributed by atoms with Gasteiger partial charge in [-0.2, -0.15) is 0 Å². The molecule has 9 heteroatoms. The molecule has 1 fully saturated rings. The zero-order valence-electron chi connectivity index (χ0n) is 21.8. The molecule has 2 aliphatic heterocycles. The fourth-order valence-electron chi connectivity index (χ4n) is 5.17. The number of imide groups is 1. The van der Waals surface area contributed by atoms with Crippen LogP contribution in [0.4, 0.5) is 10.1 Å². The fourth-order valence-corrected chi connectivity index (χ4v) is 5.17. The van der Waals surface area contributed by atoms with Crippen LogP contribution in [0.15, 0.2) is 72.8 Å². The maximum absolute atomic E-state index is 13.4. The van der Waals surface area contributed by atoms with Crippen molar-refractivity contribution in [3.05, 3.63) is 95.3 Å². The van der Waals surface area contributed by atoms with Crippen LogP contribution >= 0.6 is 0 Å². The van der Waals surface area contributed by atoms with Crippen molar-refractivity contribution >= 4 is 23.4 Å². The number of carbonyl (C=O) groups excluding carboxylic acids is 3. The van der Waals surface area contributed by atoms with E-state index in [1.54, 1.807) is 43.5 Å². The Morgan fingerprint density at radius 3 is 2.10 bits per heavy atom. The average molecular weight is 531 g/mol. The van der Waals surface area contributed by atoms with E-state index in [4.69, 9.17) is 4.74 Å². The first-order valence-electron chi connectivity index (χ1n) is 13.0. The number of nitrogens with one attached hydrogen (secondary N) is 1. The van der Waals surface area contributed by atoms with E-state index >= 15 is 0 Å². The zero-order chi connectivity index (χ0) is 27.4. The maximum Gasteiger partial charge on any atom is 0.261 e. The van der Waals surface area contributed by atoms with Crippen LogP contribution < -0.4 is 15.0 Å². The van der Waals surface area contributed by atoms with Crippen molar-refractivity contribution in [3.8, 4) is 5.75 Å². The number of nitrogens with zero attached hydrogens (tertiary/aromatic N) is 3. The van der Waals surface area contributed by atoms with Gasteiger partial charge in [0.1, 0.15) is 11.6 Å². The quantitative estimate of drug-likeness (QED) is 0.428. The second kappa shape index (κ2) is 11.7. The number of methoxy groups -OCH3 is 1. The molecule has 39 heavy (non-hydrogen) atoms. The molecule has 0 radical (unpaired) electrons. The van der Waals surface area contributed by atoms with Crippen molar-refractivity contribution in [1.82, 2.24) is 15.1 Å². The summed E-state index contributed by atoms with van der Waals surface area (Å²) in [5.74, 6) is -0.383. The van der Waals surface area contributed by atoms with Gasteiger partial charge in [0.25, 0.3) is 11.8 Å². The molecule has 0 saturated carbocycles. The van der Waals surface area contributed by atoms with Crippen LogP contribution in [0.1, 0.15) is 32.7 Å². The number of piperazine rings is 1. The van der Waals surface area contributed by atoms with E-state index in [9.17, 15) is 18.8 Å². The number of fused-ring (bicyclic) bond motifs is 1. The predicted molar refractivity (Wildman–Crippen MR) is 145 cm³/mol. The molecule has 3 aromatic carbocycles. The minimum Gasteiger partial charge on any atom is -0.497 e. The Morgan fingerprint density at radius 1 is 0.897 bits per heavy atom. The van der Waals surface area contributed by atoms with Gasteiger partial charge in [-0.15, -0.1) is 0 Å². The van der Waals surface area contributed by atoms with Crippen LogP contribution in [-0.2, 0) is 11.3 Å². The van der Waals surface area contributed by atoms with Crippen molar-refractivity contribution in [2.24, 2.45) is 0 Å². The van der Waals surface area contributed by atoms with E-state index in [1.165, 1.54) is 17.0 Å². The van der Waals surface area contributed by atoms with Gasteiger partial charge in [0.05, 0.1) is 24.3 Å². The van der Waals surface area contributed by atoms with Crippen molar-refractivity contribution in [1.29, 1.82) is 0 Å². The number of benzene rings is 3. The summed E-state index contributed by atoms with van der Waals surface area (Å²) >= 11 is 0. The standard InChI is InChI=1S/C30H31FN4O4/c1-39-24-12-10-23(11-13-24)33-16-18-34(19-17-33)27(28(36)32-20-21-6-8-22(31)9-7-21)14-15-35-29(37)25-4-2-3-5-26(25)30(35)38/h2-13,27H,14-20H2,1H3,(H,32,36). The average Bonchev–Trinajstić information content (AvgIpc) is 3.22. The lowest BCUT2D eigenvalue weighted by Crippen LogP contribution is -2.55. The molecule has 3 amide bonds. The van der Waals surface area contributed by atoms with Crippen LogP contribution in [0.3, 0.4) is 0 Å². The summed E-state index contributed by atoms with van der Waals surface area (Å²) < 4.78 is 18.6. The summed E-state index contributed by atoms with van der Waals surface area (Å²) in [6.45, 7) is 3.13. The number of ether oxygens (including phenoxy) is 1. The second-order valence-electron chi connectivity index (χ2n) is 9.68. The molecule has 3 aromatic rings. The molecule has 2 aliphatic rings. The smallest absolute Gasteiger partial charge is 0.261 e. The number of rotatable bonds is 9. The lowest BCUT2D eigenvalue weighted by Gasteiger charge is -2.40. The van der Waals surface area contributed by atoms with Crippen LogP contribution in [0.2, 0.25) is 0 Å². The number of halogens is 1. The number of carbonyl (C=O) groups is 3. The number of anilines is 1. The maximum atomic E-state index is 13.4.